The van der Waals surface area contributed by atoms with Crippen LogP contribution in [0.1, 0.15) is 71.1 Å². The molecule has 1 unspecified atom stereocenters. The molecule has 3 rings (SSSR count). The van der Waals surface area contributed by atoms with E-state index in [4.69, 9.17) is 4.74 Å². The Hall–Kier alpha value is -1.52. The van der Waals surface area contributed by atoms with Crippen molar-refractivity contribution >= 4 is 0 Å². The lowest BCUT2D eigenvalue weighted by Gasteiger charge is -2.37. The Balaban J connectivity index is 1.50. The Morgan fingerprint density at radius 2 is 1.75 bits per heavy atom. The maximum absolute atomic E-state index is 14.5. The van der Waals surface area contributed by atoms with Gasteiger partial charge < -0.3 is 4.74 Å². The molecule has 1 saturated carbocycles. The minimum Gasteiger partial charge on any atom is -0.432 e. The molecule has 1 fully saturated rings. The topological polar surface area (TPSA) is 9.23 Å². The molecule has 5 heteroatoms. The molecule has 0 aliphatic heterocycles. The van der Waals surface area contributed by atoms with E-state index < -0.39 is 23.7 Å². The zero-order chi connectivity index (χ0) is 20.1. The van der Waals surface area contributed by atoms with Gasteiger partial charge in [-0.05, 0) is 81.8 Å². The number of ether oxygens (including phenoxy) is 1. The second kappa shape index (κ2) is 9.32. The van der Waals surface area contributed by atoms with E-state index in [2.05, 4.69) is 13.0 Å². The van der Waals surface area contributed by atoms with Crippen molar-refractivity contribution in [2.75, 3.05) is 0 Å². The smallest absolute Gasteiger partial charge is 0.400 e. The molecule has 1 aromatic rings. The number of benzene rings is 1. The third kappa shape index (κ3) is 5.30. The van der Waals surface area contributed by atoms with E-state index in [1.165, 1.54) is 25.7 Å². The fourth-order valence-corrected chi connectivity index (χ4v) is 4.68. The lowest BCUT2D eigenvalue weighted by atomic mass is 9.71. The molecule has 0 heterocycles. The molecule has 0 radical (unpaired) electrons. The summed E-state index contributed by atoms with van der Waals surface area (Å²) in [6.45, 7) is 2.21. The second-order valence-corrected chi connectivity index (χ2v) is 8.35. The van der Waals surface area contributed by atoms with Crippen molar-refractivity contribution in [2.24, 2.45) is 17.8 Å². The van der Waals surface area contributed by atoms with E-state index in [0.717, 1.165) is 37.8 Å². The Morgan fingerprint density at radius 3 is 2.36 bits per heavy atom. The average molecular weight is 398 g/mol. The summed E-state index contributed by atoms with van der Waals surface area (Å²) in [6.07, 6.45) is 8.46. The fourth-order valence-electron chi connectivity index (χ4n) is 4.68. The first-order chi connectivity index (χ1) is 13.4. The van der Waals surface area contributed by atoms with Gasteiger partial charge in [0.15, 0.2) is 11.6 Å². The molecule has 0 amide bonds. The van der Waals surface area contributed by atoms with Crippen LogP contribution in [0, 0.1) is 29.4 Å². The minimum absolute atomic E-state index is 0.331. The summed E-state index contributed by atoms with van der Waals surface area (Å²) in [5.74, 6) is -2.36. The van der Waals surface area contributed by atoms with Gasteiger partial charge in [0, 0.05) is 6.07 Å². The van der Waals surface area contributed by atoms with E-state index >= 15 is 0 Å². The Morgan fingerprint density at radius 1 is 1.00 bits per heavy atom. The van der Waals surface area contributed by atoms with Gasteiger partial charge in [-0.3, -0.25) is 0 Å². The first-order valence-electron chi connectivity index (χ1n) is 10.6. The number of allylic oxidation sites excluding steroid dienone is 2. The van der Waals surface area contributed by atoms with Crippen LogP contribution >= 0.6 is 0 Å². The van der Waals surface area contributed by atoms with Crippen molar-refractivity contribution in [3.63, 3.8) is 0 Å². The monoisotopic (exact) mass is 398 g/mol. The van der Waals surface area contributed by atoms with Crippen LogP contribution in [-0.2, 0) is 0 Å². The van der Waals surface area contributed by atoms with Crippen molar-refractivity contribution in [2.45, 2.75) is 77.2 Å². The Labute approximate surface area is 165 Å². The van der Waals surface area contributed by atoms with Gasteiger partial charge in [-0.2, -0.15) is 8.78 Å². The van der Waals surface area contributed by atoms with Crippen LogP contribution in [0.3, 0.4) is 0 Å². The molecule has 0 bridgehead atoms. The summed E-state index contributed by atoms with van der Waals surface area (Å²) in [6, 6.07) is 2.53. The fraction of sp³-hybridized carbons (Fsp3) is 0.652. The van der Waals surface area contributed by atoms with E-state index in [0.29, 0.717) is 30.7 Å². The van der Waals surface area contributed by atoms with Gasteiger partial charge in [0.05, 0.1) is 5.92 Å². The van der Waals surface area contributed by atoms with Gasteiger partial charge in [0.1, 0.15) is 5.75 Å². The Bertz CT molecular complexity index is 677. The molecule has 2 aliphatic rings. The van der Waals surface area contributed by atoms with Gasteiger partial charge >= 0.3 is 6.11 Å². The highest BCUT2D eigenvalue weighted by Gasteiger charge is 2.45. The molecule has 156 valence electrons. The molecule has 0 spiro atoms. The lowest BCUT2D eigenvalue weighted by molar-refractivity contribution is -0.224. The zero-order valence-corrected chi connectivity index (χ0v) is 16.5. The summed E-state index contributed by atoms with van der Waals surface area (Å²) in [5, 5.41) is 0. The van der Waals surface area contributed by atoms with E-state index in [1.54, 1.807) is 5.57 Å². The van der Waals surface area contributed by atoms with Crippen LogP contribution in [-0.4, -0.2) is 6.11 Å². The van der Waals surface area contributed by atoms with Crippen LogP contribution in [0.25, 0.3) is 0 Å². The number of halogens is 4. The van der Waals surface area contributed by atoms with Crippen LogP contribution < -0.4 is 4.74 Å². The Kier molecular flexibility index (Phi) is 7.05. The van der Waals surface area contributed by atoms with Crippen molar-refractivity contribution in [3.05, 3.63) is 41.5 Å². The van der Waals surface area contributed by atoms with E-state index in [9.17, 15) is 17.6 Å². The maximum Gasteiger partial charge on any atom is 0.400 e. The largest absolute Gasteiger partial charge is 0.432 e. The normalized spacial score (nSPS) is 26.0. The third-order valence-corrected chi connectivity index (χ3v) is 6.46. The molecule has 0 saturated heterocycles. The molecule has 0 N–H and O–H groups in total. The molecule has 2 aliphatic carbocycles. The molecular weight excluding hydrogens is 368 g/mol. The number of hydrogen-bond donors (Lipinski definition) is 0. The predicted molar refractivity (Wildman–Crippen MR) is 102 cm³/mol. The maximum atomic E-state index is 14.5. The van der Waals surface area contributed by atoms with Crippen molar-refractivity contribution in [1.29, 1.82) is 0 Å². The second-order valence-electron chi connectivity index (χ2n) is 8.35. The predicted octanol–water partition coefficient (Wildman–Crippen LogP) is 7.66. The SMILES string of the molecule is CCCCC1=CCC(C2CCC(C(F)(F)Oc3ccc(F)c(F)c3)CC2)CC1. The van der Waals surface area contributed by atoms with Crippen LogP contribution in [0.5, 0.6) is 5.75 Å². The highest BCUT2D eigenvalue weighted by Crippen LogP contribution is 2.44. The molecule has 1 atom stereocenters. The van der Waals surface area contributed by atoms with Crippen molar-refractivity contribution < 1.29 is 22.3 Å². The van der Waals surface area contributed by atoms with Gasteiger partial charge in [0.25, 0.3) is 0 Å². The van der Waals surface area contributed by atoms with Crippen molar-refractivity contribution in [3.8, 4) is 5.75 Å². The van der Waals surface area contributed by atoms with E-state index in [1.807, 2.05) is 0 Å². The standard InChI is InChI=1S/C23H30F4O/c1-2-3-4-16-5-7-17(8-6-16)18-9-11-19(12-10-18)23(26,27)28-20-13-14-21(24)22(25)15-20/h5,13-15,17-19H,2-4,6-12H2,1H3. The quantitative estimate of drug-likeness (QED) is 0.338. The highest BCUT2D eigenvalue weighted by molar-refractivity contribution is 5.24. The first-order valence-corrected chi connectivity index (χ1v) is 10.6. The summed E-state index contributed by atoms with van der Waals surface area (Å²) in [4.78, 5) is 0. The molecule has 0 aromatic heterocycles. The molecule has 1 nitrogen and oxygen atoms in total. The highest BCUT2D eigenvalue weighted by atomic mass is 19.3. The third-order valence-electron chi connectivity index (χ3n) is 6.46. The summed E-state index contributed by atoms with van der Waals surface area (Å²) >= 11 is 0. The number of rotatable bonds is 7. The van der Waals surface area contributed by atoms with Crippen LogP contribution in [0.15, 0.2) is 29.8 Å². The lowest BCUT2D eigenvalue weighted by Crippen LogP contribution is -2.38. The van der Waals surface area contributed by atoms with Crippen LogP contribution in [0.4, 0.5) is 17.6 Å². The van der Waals surface area contributed by atoms with Crippen molar-refractivity contribution in [1.82, 2.24) is 0 Å². The summed E-state index contributed by atoms with van der Waals surface area (Å²) in [7, 11) is 0. The van der Waals surface area contributed by atoms with Crippen LogP contribution in [0.2, 0.25) is 0 Å². The molecule has 1 aromatic carbocycles. The summed E-state index contributed by atoms with van der Waals surface area (Å²) in [5.41, 5.74) is 1.57. The summed E-state index contributed by atoms with van der Waals surface area (Å²) < 4.78 is 60.0. The van der Waals surface area contributed by atoms with Gasteiger partial charge in [-0.25, -0.2) is 8.78 Å². The number of alkyl halides is 2. The van der Waals surface area contributed by atoms with Gasteiger partial charge in [0.2, 0.25) is 0 Å². The van der Waals surface area contributed by atoms with Gasteiger partial charge in [-0.1, -0.05) is 25.0 Å². The first kappa shape index (κ1) is 21.2. The molecular formula is C23H30F4O. The minimum atomic E-state index is -3.37. The van der Waals surface area contributed by atoms with E-state index in [-0.39, 0.29) is 5.75 Å². The number of unbranched alkanes of at least 4 members (excludes halogenated alkanes) is 1. The average Bonchev–Trinajstić information content (AvgIpc) is 2.69. The molecule has 28 heavy (non-hydrogen) atoms. The zero-order valence-electron chi connectivity index (χ0n) is 16.5. The number of hydrogen-bond acceptors (Lipinski definition) is 1. The van der Waals surface area contributed by atoms with Gasteiger partial charge in [-0.15, -0.1) is 0 Å².